The van der Waals surface area contributed by atoms with Crippen LogP contribution in [0.25, 0.3) is 6.08 Å². The summed E-state index contributed by atoms with van der Waals surface area (Å²) in [6.45, 7) is 2.16. The van der Waals surface area contributed by atoms with Crippen LogP contribution in [0.2, 0.25) is 0 Å². The maximum atomic E-state index is 12.1. The third-order valence-corrected chi connectivity index (χ3v) is 5.30. The number of carbonyl (C=O) groups excluding carboxylic acids is 1. The second-order valence-corrected chi connectivity index (χ2v) is 7.13. The minimum absolute atomic E-state index is 0.0598. The Morgan fingerprint density at radius 1 is 1.23 bits per heavy atom. The molecule has 7 heteroatoms. The first-order valence-corrected chi connectivity index (χ1v) is 9.02. The number of hydrogen-bond donors (Lipinski definition) is 1. The van der Waals surface area contributed by atoms with E-state index in [-0.39, 0.29) is 17.4 Å². The molecule has 0 aromatic carbocycles. The summed E-state index contributed by atoms with van der Waals surface area (Å²) in [4.78, 5) is 26.2. The predicted octanol–water partition coefficient (Wildman–Crippen LogP) is 1.97. The predicted molar refractivity (Wildman–Crippen MR) is 102 cm³/mol. The van der Waals surface area contributed by atoms with E-state index in [1.165, 1.54) is 6.08 Å². The zero-order valence-electron chi connectivity index (χ0n) is 14.1. The van der Waals surface area contributed by atoms with E-state index in [0.717, 1.165) is 18.7 Å². The van der Waals surface area contributed by atoms with Crippen LogP contribution >= 0.6 is 12.2 Å². The number of hydrogen-bond acceptors (Lipinski definition) is 4. The number of fused-ring (bicyclic) bond motifs is 4. The lowest BCUT2D eigenvalue weighted by molar-refractivity contribution is -0.115. The van der Waals surface area contributed by atoms with Gasteiger partial charge in [0.2, 0.25) is 5.91 Å². The minimum atomic E-state index is -0.279. The van der Waals surface area contributed by atoms with E-state index in [4.69, 9.17) is 16.6 Å². The van der Waals surface area contributed by atoms with Gasteiger partial charge in [-0.15, -0.1) is 0 Å². The Morgan fingerprint density at radius 3 is 2.92 bits per heavy atom. The molecule has 6 nitrogen and oxygen atoms in total. The zero-order chi connectivity index (χ0) is 18.1. The summed E-state index contributed by atoms with van der Waals surface area (Å²) >= 11 is 5.43. The Balaban J connectivity index is 1.42. The highest BCUT2D eigenvalue weighted by atomic mass is 32.1. The van der Waals surface area contributed by atoms with Gasteiger partial charge >= 0.3 is 0 Å². The lowest BCUT2D eigenvalue weighted by Crippen LogP contribution is -2.52. The first kappa shape index (κ1) is 16.8. The number of pyridine rings is 1. The number of nitrogens with zero attached hydrogens (tertiary/aromatic N) is 2. The molecule has 2 bridgehead atoms. The van der Waals surface area contributed by atoms with Gasteiger partial charge in [-0.3, -0.25) is 14.9 Å². The SMILES string of the molecule is O=C(C=Cc1ccco1)NC(=S)N1CC2CC(C1)c1cccc(=O)n1C2. The number of amides is 1. The van der Waals surface area contributed by atoms with Crippen molar-refractivity contribution in [3.63, 3.8) is 0 Å². The molecule has 0 saturated carbocycles. The summed E-state index contributed by atoms with van der Waals surface area (Å²) in [5.74, 6) is 0.944. The van der Waals surface area contributed by atoms with Crippen molar-refractivity contribution in [2.45, 2.75) is 18.9 Å². The van der Waals surface area contributed by atoms with Gasteiger partial charge in [0.15, 0.2) is 5.11 Å². The Hall–Kier alpha value is -2.67. The third-order valence-electron chi connectivity index (χ3n) is 4.94. The smallest absolute Gasteiger partial charge is 0.250 e. The fraction of sp³-hybridized carbons (Fsp3) is 0.316. The third kappa shape index (κ3) is 3.35. The number of carbonyl (C=O) groups is 1. The van der Waals surface area contributed by atoms with Gasteiger partial charge in [-0.1, -0.05) is 6.07 Å². The van der Waals surface area contributed by atoms with E-state index in [1.807, 2.05) is 21.6 Å². The van der Waals surface area contributed by atoms with E-state index < -0.39 is 0 Å². The highest BCUT2D eigenvalue weighted by Crippen LogP contribution is 2.34. The molecule has 134 valence electrons. The first-order valence-electron chi connectivity index (χ1n) is 8.61. The number of likely N-dealkylation sites (tertiary alicyclic amines) is 1. The number of rotatable bonds is 2. The van der Waals surface area contributed by atoms with Crippen molar-refractivity contribution in [3.05, 3.63) is 64.5 Å². The van der Waals surface area contributed by atoms with Crippen molar-refractivity contribution in [1.29, 1.82) is 0 Å². The molecule has 1 N–H and O–H groups in total. The minimum Gasteiger partial charge on any atom is -0.465 e. The molecule has 2 aromatic rings. The van der Waals surface area contributed by atoms with Crippen LogP contribution < -0.4 is 10.9 Å². The Kier molecular flexibility index (Phi) is 4.46. The number of nitrogens with one attached hydrogen (secondary N) is 1. The molecule has 2 aliphatic heterocycles. The number of piperidine rings is 1. The second-order valence-electron chi connectivity index (χ2n) is 6.75. The standard InChI is InChI=1S/C19H19N3O3S/c23-17(7-6-15-3-2-8-25-15)20-19(26)21-10-13-9-14(12-21)16-4-1-5-18(24)22(16)11-13/h1-8,13-14H,9-12H2,(H,20,23,26). The molecule has 2 aromatic heterocycles. The van der Waals surface area contributed by atoms with E-state index >= 15 is 0 Å². The molecule has 26 heavy (non-hydrogen) atoms. The molecule has 1 fully saturated rings. The maximum Gasteiger partial charge on any atom is 0.250 e. The molecule has 4 heterocycles. The van der Waals surface area contributed by atoms with Gasteiger partial charge in [-0.2, -0.15) is 0 Å². The van der Waals surface area contributed by atoms with Gasteiger partial charge in [0.05, 0.1) is 6.26 Å². The molecule has 1 saturated heterocycles. The molecule has 2 unspecified atom stereocenters. The summed E-state index contributed by atoms with van der Waals surface area (Å²) in [5.41, 5.74) is 1.12. The monoisotopic (exact) mass is 369 g/mol. The largest absolute Gasteiger partial charge is 0.465 e. The van der Waals surface area contributed by atoms with Crippen molar-refractivity contribution in [3.8, 4) is 0 Å². The Bertz CT molecular complexity index is 916. The number of aromatic nitrogens is 1. The summed E-state index contributed by atoms with van der Waals surface area (Å²) in [6, 6.07) is 8.97. The lowest BCUT2D eigenvalue weighted by atomic mass is 9.83. The molecule has 0 radical (unpaired) electrons. The molecular weight excluding hydrogens is 350 g/mol. The fourth-order valence-corrected chi connectivity index (χ4v) is 4.08. The normalized spacial score (nSPS) is 21.5. The van der Waals surface area contributed by atoms with Crippen LogP contribution in [0.15, 0.2) is 51.9 Å². The van der Waals surface area contributed by atoms with Gasteiger partial charge in [0, 0.05) is 43.4 Å². The second kappa shape index (κ2) is 6.92. The van der Waals surface area contributed by atoms with Gasteiger partial charge in [-0.25, -0.2) is 0 Å². The molecule has 1 amide bonds. The summed E-state index contributed by atoms with van der Waals surface area (Å²) in [7, 11) is 0. The maximum absolute atomic E-state index is 12.1. The van der Waals surface area contributed by atoms with Gasteiger partial charge in [0.1, 0.15) is 5.76 Å². The van der Waals surface area contributed by atoms with Gasteiger partial charge in [-0.05, 0) is 48.8 Å². The van der Waals surface area contributed by atoms with Crippen LogP contribution in [-0.4, -0.2) is 33.6 Å². The summed E-state index contributed by atoms with van der Waals surface area (Å²) < 4.78 is 7.04. The van der Waals surface area contributed by atoms with Crippen LogP contribution in [-0.2, 0) is 11.3 Å². The molecule has 0 spiro atoms. The molecule has 2 aliphatic rings. The van der Waals surface area contributed by atoms with E-state index in [2.05, 4.69) is 5.32 Å². The van der Waals surface area contributed by atoms with Crippen LogP contribution in [0.4, 0.5) is 0 Å². The summed E-state index contributed by atoms with van der Waals surface area (Å²) in [5, 5.41) is 3.19. The van der Waals surface area contributed by atoms with Crippen molar-refractivity contribution in [1.82, 2.24) is 14.8 Å². The van der Waals surface area contributed by atoms with Crippen LogP contribution in [0.1, 0.15) is 23.8 Å². The Labute approximate surface area is 156 Å². The molecule has 0 aliphatic carbocycles. The van der Waals surface area contributed by atoms with Crippen molar-refractivity contribution >= 4 is 29.3 Å². The summed E-state index contributed by atoms with van der Waals surface area (Å²) in [6.07, 6.45) is 5.61. The van der Waals surface area contributed by atoms with Crippen LogP contribution in [0, 0.1) is 5.92 Å². The molecule has 4 rings (SSSR count). The molecule has 2 atom stereocenters. The Morgan fingerprint density at radius 2 is 2.12 bits per heavy atom. The van der Waals surface area contributed by atoms with Gasteiger partial charge < -0.3 is 13.9 Å². The molecular formula is C19H19N3O3S. The number of thiocarbonyl (C=S) groups is 1. The lowest BCUT2D eigenvalue weighted by Gasteiger charge is -2.43. The topological polar surface area (TPSA) is 67.5 Å². The van der Waals surface area contributed by atoms with E-state index in [0.29, 0.717) is 29.9 Å². The highest BCUT2D eigenvalue weighted by Gasteiger charge is 2.35. The van der Waals surface area contributed by atoms with E-state index in [1.54, 1.807) is 30.5 Å². The highest BCUT2D eigenvalue weighted by molar-refractivity contribution is 7.80. The first-order chi connectivity index (χ1) is 12.6. The number of furan rings is 1. The van der Waals surface area contributed by atoms with Crippen LogP contribution in [0.5, 0.6) is 0 Å². The van der Waals surface area contributed by atoms with Crippen LogP contribution in [0.3, 0.4) is 0 Å². The van der Waals surface area contributed by atoms with Crippen molar-refractivity contribution in [2.75, 3.05) is 13.1 Å². The van der Waals surface area contributed by atoms with E-state index in [9.17, 15) is 9.59 Å². The van der Waals surface area contributed by atoms with Crippen molar-refractivity contribution in [2.24, 2.45) is 5.92 Å². The zero-order valence-corrected chi connectivity index (χ0v) is 14.9. The quantitative estimate of drug-likeness (QED) is 0.648. The fourth-order valence-electron chi connectivity index (χ4n) is 3.83. The van der Waals surface area contributed by atoms with Gasteiger partial charge in [0.25, 0.3) is 5.56 Å². The average Bonchev–Trinajstić information content (AvgIpc) is 3.14. The average molecular weight is 369 g/mol. The van der Waals surface area contributed by atoms with Crippen molar-refractivity contribution < 1.29 is 9.21 Å².